The molecule has 2 rings (SSSR count). The first-order valence-corrected chi connectivity index (χ1v) is 7.66. The smallest absolute Gasteiger partial charge is 0.0208 e. The highest BCUT2D eigenvalue weighted by Gasteiger charge is 2.25. The van der Waals surface area contributed by atoms with Crippen molar-refractivity contribution in [2.45, 2.75) is 51.1 Å². The van der Waals surface area contributed by atoms with Crippen LogP contribution in [0.1, 0.15) is 38.2 Å². The first-order valence-electron chi connectivity index (χ1n) is 7.66. The van der Waals surface area contributed by atoms with Crippen LogP contribution < -0.4 is 5.73 Å². The first kappa shape index (κ1) is 14.5. The molecule has 0 amide bonds. The predicted molar refractivity (Wildman–Crippen MR) is 82.2 cm³/mol. The molecule has 0 saturated heterocycles. The number of likely N-dealkylation sites (N-methyl/N-ethyl adjacent to an activating group) is 1. The summed E-state index contributed by atoms with van der Waals surface area (Å²) in [6.45, 7) is 3.40. The van der Waals surface area contributed by atoms with E-state index in [0.29, 0.717) is 0 Å². The lowest BCUT2D eigenvalue weighted by atomic mass is 9.85. The molecule has 1 aromatic carbocycles. The highest BCUT2D eigenvalue weighted by molar-refractivity contribution is 5.15. The van der Waals surface area contributed by atoms with Crippen LogP contribution in [0.5, 0.6) is 0 Å². The first-order chi connectivity index (χ1) is 9.16. The number of nitrogens with zero attached hydrogens (tertiary/aromatic N) is 1. The van der Waals surface area contributed by atoms with Gasteiger partial charge < -0.3 is 10.6 Å². The summed E-state index contributed by atoms with van der Waals surface area (Å²) in [6.07, 6.45) is 6.49. The SMILES string of the molecule is CC1CCCCC1N(C)CC(N)Cc1ccccc1. The van der Waals surface area contributed by atoms with Gasteiger partial charge >= 0.3 is 0 Å². The third-order valence-electron chi connectivity index (χ3n) is 4.50. The minimum atomic E-state index is 0.238. The maximum absolute atomic E-state index is 6.32. The second kappa shape index (κ2) is 7.06. The van der Waals surface area contributed by atoms with E-state index in [2.05, 4.69) is 49.2 Å². The van der Waals surface area contributed by atoms with Gasteiger partial charge in [0.1, 0.15) is 0 Å². The lowest BCUT2D eigenvalue weighted by Crippen LogP contribution is -2.45. The van der Waals surface area contributed by atoms with E-state index in [9.17, 15) is 0 Å². The molecular weight excluding hydrogens is 232 g/mol. The van der Waals surface area contributed by atoms with Gasteiger partial charge in [-0.15, -0.1) is 0 Å². The van der Waals surface area contributed by atoms with Crippen molar-refractivity contribution in [1.29, 1.82) is 0 Å². The molecule has 0 aromatic heterocycles. The molecule has 2 heteroatoms. The third kappa shape index (κ3) is 4.32. The molecule has 0 radical (unpaired) electrons. The molecule has 0 heterocycles. The van der Waals surface area contributed by atoms with Crippen LogP contribution in [0.25, 0.3) is 0 Å². The van der Waals surface area contributed by atoms with E-state index < -0.39 is 0 Å². The van der Waals surface area contributed by atoms with Crippen molar-refractivity contribution in [2.75, 3.05) is 13.6 Å². The van der Waals surface area contributed by atoms with Gasteiger partial charge in [-0.2, -0.15) is 0 Å². The van der Waals surface area contributed by atoms with Gasteiger partial charge in [-0.25, -0.2) is 0 Å². The summed E-state index contributed by atoms with van der Waals surface area (Å²) < 4.78 is 0. The van der Waals surface area contributed by atoms with Crippen molar-refractivity contribution in [2.24, 2.45) is 11.7 Å². The maximum atomic E-state index is 6.32. The van der Waals surface area contributed by atoms with Crippen molar-refractivity contribution >= 4 is 0 Å². The summed E-state index contributed by atoms with van der Waals surface area (Å²) in [6, 6.07) is 11.6. The van der Waals surface area contributed by atoms with Crippen LogP contribution in [0.2, 0.25) is 0 Å². The number of hydrogen-bond donors (Lipinski definition) is 1. The fourth-order valence-electron chi connectivity index (χ4n) is 3.44. The molecule has 2 nitrogen and oxygen atoms in total. The van der Waals surface area contributed by atoms with Gasteiger partial charge in [0.15, 0.2) is 0 Å². The molecule has 2 N–H and O–H groups in total. The van der Waals surface area contributed by atoms with Gasteiger partial charge in [-0.1, -0.05) is 50.1 Å². The van der Waals surface area contributed by atoms with Crippen LogP contribution in [-0.4, -0.2) is 30.6 Å². The van der Waals surface area contributed by atoms with Crippen LogP contribution in [0, 0.1) is 5.92 Å². The van der Waals surface area contributed by atoms with Crippen molar-refractivity contribution < 1.29 is 0 Å². The molecule has 3 unspecified atom stereocenters. The molecule has 0 spiro atoms. The van der Waals surface area contributed by atoms with E-state index in [-0.39, 0.29) is 6.04 Å². The summed E-state index contributed by atoms with van der Waals surface area (Å²) >= 11 is 0. The lowest BCUT2D eigenvalue weighted by Gasteiger charge is -2.37. The van der Waals surface area contributed by atoms with E-state index in [0.717, 1.165) is 24.9 Å². The molecule has 106 valence electrons. The summed E-state index contributed by atoms with van der Waals surface area (Å²) in [7, 11) is 2.25. The van der Waals surface area contributed by atoms with Gasteiger partial charge in [0.2, 0.25) is 0 Å². The number of benzene rings is 1. The molecule has 1 aliphatic rings. The van der Waals surface area contributed by atoms with Crippen molar-refractivity contribution in [3.05, 3.63) is 35.9 Å². The molecule has 19 heavy (non-hydrogen) atoms. The van der Waals surface area contributed by atoms with Gasteiger partial charge in [0.05, 0.1) is 0 Å². The highest BCUT2D eigenvalue weighted by atomic mass is 15.1. The average molecular weight is 260 g/mol. The molecule has 0 aliphatic heterocycles. The third-order valence-corrected chi connectivity index (χ3v) is 4.50. The topological polar surface area (TPSA) is 29.3 Å². The second-order valence-electron chi connectivity index (χ2n) is 6.22. The Bertz CT molecular complexity index is 363. The van der Waals surface area contributed by atoms with Crippen LogP contribution in [0.15, 0.2) is 30.3 Å². The standard InChI is InChI=1S/C17H28N2/c1-14-8-6-7-11-17(14)19(2)13-16(18)12-15-9-4-3-5-10-15/h3-5,9-10,14,16-17H,6-8,11-13,18H2,1-2H3. The van der Waals surface area contributed by atoms with Gasteiger partial charge in [0.25, 0.3) is 0 Å². The summed E-state index contributed by atoms with van der Waals surface area (Å²) in [4.78, 5) is 2.50. The molecular formula is C17H28N2. The molecule has 1 fully saturated rings. The highest BCUT2D eigenvalue weighted by Crippen LogP contribution is 2.27. The zero-order valence-corrected chi connectivity index (χ0v) is 12.4. The van der Waals surface area contributed by atoms with Gasteiger partial charge in [0, 0.05) is 18.6 Å². The summed E-state index contributed by atoms with van der Waals surface area (Å²) in [5.41, 5.74) is 7.66. The molecule has 1 aromatic rings. The van der Waals surface area contributed by atoms with Crippen molar-refractivity contribution in [3.63, 3.8) is 0 Å². The van der Waals surface area contributed by atoms with Crippen LogP contribution in [-0.2, 0) is 6.42 Å². The average Bonchev–Trinajstić information content (AvgIpc) is 2.40. The Kier molecular flexibility index (Phi) is 5.41. The predicted octanol–water partition coefficient (Wildman–Crippen LogP) is 3.07. The molecule has 3 atom stereocenters. The van der Waals surface area contributed by atoms with Crippen molar-refractivity contribution in [1.82, 2.24) is 4.90 Å². The van der Waals surface area contributed by atoms with E-state index in [1.807, 2.05) is 0 Å². The van der Waals surface area contributed by atoms with E-state index in [1.165, 1.54) is 31.2 Å². The van der Waals surface area contributed by atoms with Gasteiger partial charge in [-0.05, 0) is 37.8 Å². The normalized spacial score (nSPS) is 25.5. The van der Waals surface area contributed by atoms with E-state index in [4.69, 9.17) is 5.73 Å². The van der Waals surface area contributed by atoms with E-state index >= 15 is 0 Å². The monoisotopic (exact) mass is 260 g/mol. The molecule has 0 bridgehead atoms. The lowest BCUT2D eigenvalue weighted by molar-refractivity contribution is 0.133. The largest absolute Gasteiger partial charge is 0.326 e. The number of hydrogen-bond acceptors (Lipinski definition) is 2. The number of nitrogens with two attached hydrogens (primary N) is 1. The summed E-state index contributed by atoms with van der Waals surface area (Å²) in [5.74, 6) is 0.822. The fourth-order valence-corrected chi connectivity index (χ4v) is 3.44. The fraction of sp³-hybridized carbons (Fsp3) is 0.647. The molecule has 1 saturated carbocycles. The van der Waals surface area contributed by atoms with Gasteiger partial charge in [-0.3, -0.25) is 0 Å². The maximum Gasteiger partial charge on any atom is 0.0208 e. The Morgan fingerprint density at radius 3 is 2.58 bits per heavy atom. The van der Waals surface area contributed by atoms with E-state index in [1.54, 1.807) is 0 Å². The Morgan fingerprint density at radius 2 is 1.89 bits per heavy atom. The zero-order valence-electron chi connectivity index (χ0n) is 12.4. The summed E-state index contributed by atoms with van der Waals surface area (Å²) in [5, 5.41) is 0. The Balaban J connectivity index is 1.82. The van der Waals surface area contributed by atoms with Crippen molar-refractivity contribution in [3.8, 4) is 0 Å². The number of rotatable bonds is 5. The minimum absolute atomic E-state index is 0.238. The Labute approximate surface area is 118 Å². The molecule has 1 aliphatic carbocycles. The Hall–Kier alpha value is -0.860. The Morgan fingerprint density at radius 1 is 1.21 bits per heavy atom. The van der Waals surface area contributed by atoms with Crippen LogP contribution >= 0.6 is 0 Å². The van der Waals surface area contributed by atoms with Crippen LogP contribution in [0.4, 0.5) is 0 Å². The minimum Gasteiger partial charge on any atom is -0.326 e. The zero-order chi connectivity index (χ0) is 13.7. The quantitative estimate of drug-likeness (QED) is 0.881. The van der Waals surface area contributed by atoms with Crippen LogP contribution in [0.3, 0.4) is 0 Å². The second-order valence-corrected chi connectivity index (χ2v) is 6.22.